The molecule has 0 bridgehead atoms. The molecule has 0 aliphatic rings. The van der Waals surface area contributed by atoms with Gasteiger partial charge in [0.15, 0.2) is 0 Å². The Hall–Kier alpha value is -1.46. The van der Waals surface area contributed by atoms with Crippen molar-refractivity contribution in [2.45, 2.75) is 25.7 Å². The van der Waals surface area contributed by atoms with E-state index in [1.54, 1.807) is 0 Å². The van der Waals surface area contributed by atoms with E-state index in [1.807, 2.05) is 12.2 Å². The van der Waals surface area contributed by atoms with E-state index in [2.05, 4.69) is 75.5 Å². The zero-order chi connectivity index (χ0) is 16.2. The molecule has 0 heterocycles. The summed E-state index contributed by atoms with van der Waals surface area (Å²) in [5, 5.41) is 0. The molecule has 2 aromatic rings. The van der Waals surface area contributed by atoms with E-state index in [9.17, 15) is 0 Å². The monoisotopic (exact) mass is 354 g/mol. The van der Waals surface area contributed by atoms with Gasteiger partial charge < -0.3 is 13.8 Å². The molecule has 0 radical (unpaired) electrons. The van der Waals surface area contributed by atoms with Crippen LogP contribution >= 0.6 is 0 Å². The van der Waals surface area contributed by atoms with Crippen LogP contribution in [0.25, 0.3) is 12.2 Å². The Morgan fingerprint density at radius 3 is 1.17 bits per heavy atom. The first-order valence-corrected chi connectivity index (χ1v) is 7.74. The van der Waals surface area contributed by atoms with Crippen molar-refractivity contribution in [1.29, 1.82) is 0 Å². The molecule has 0 fully saturated rings. The predicted octanol–water partition coefficient (Wildman–Crippen LogP) is 6.19. The van der Waals surface area contributed by atoms with Gasteiger partial charge in [0.25, 0.3) is 0 Å². The summed E-state index contributed by atoms with van der Waals surface area (Å²) in [6.07, 6.45) is 7.78. The van der Waals surface area contributed by atoms with Gasteiger partial charge in [-0.1, -0.05) is 97.8 Å². The van der Waals surface area contributed by atoms with Gasteiger partial charge in [-0.25, -0.2) is 0 Å². The molecule has 0 aliphatic carbocycles. The van der Waals surface area contributed by atoms with Crippen LogP contribution in [0.15, 0.2) is 61.7 Å². The fraction of sp³-hybridized carbons (Fsp3) is 0.182. The Bertz CT molecular complexity index is 496. The zero-order valence-corrected chi connectivity index (χ0v) is 17.1. The third kappa shape index (κ3) is 8.67. The minimum absolute atomic E-state index is 0. The molecule has 2 aromatic carbocycles. The third-order valence-electron chi connectivity index (χ3n) is 3.36. The van der Waals surface area contributed by atoms with Crippen LogP contribution in [0, 0.1) is 13.8 Å². The van der Waals surface area contributed by atoms with Crippen molar-refractivity contribution < 1.29 is 19.5 Å². The molecule has 1 heteroatoms. The maximum absolute atomic E-state index is 3.80. The Kier molecular flexibility index (Phi) is 12.2. The minimum atomic E-state index is 0. The summed E-state index contributed by atoms with van der Waals surface area (Å²) >= 11 is 0. The quantitative estimate of drug-likeness (QED) is 0.428. The second kappa shape index (κ2) is 13.0. The first kappa shape index (κ1) is 21.5. The molecule has 0 aromatic heterocycles. The topological polar surface area (TPSA) is 0 Å². The predicted molar refractivity (Wildman–Crippen MR) is 100 cm³/mol. The van der Waals surface area contributed by atoms with E-state index in [0.717, 1.165) is 25.7 Å². The first-order valence-electron chi connectivity index (χ1n) is 7.74. The molecule has 23 heavy (non-hydrogen) atoms. The standard InChI is InChI=1S/2C11H13.Zn/c2*1-3-5-11-8-6-10(4-2)7-9-11;/h2*4,6-9H,1-3,5H2;/q2*-1;+2. The Labute approximate surface area is 155 Å². The summed E-state index contributed by atoms with van der Waals surface area (Å²) in [6.45, 7) is 15.0. The van der Waals surface area contributed by atoms with E-state index >= 15 is 0 Å². The van der Waals surface area contributed by atoms with Gasteiger partial charge in [0.2, 0.25) is 0 Å². The number of hydrogen-bond donors (Lipinski definition) is 0. The van der Waals surface area contributed by atoms with E-state index in [1.165, 1.54) is 22.3 Å². The molecule has 0 N–H and O–H groups in total. The first-order chi connectivity index (χ1) is 10.7. The van der Waals surface area contributed by atoms with Crippen molar-refractivity contribution in [3.05, 3.63) is 97.8 Å². The zero-order valence-electron chi connectivity index (χ0n) is 14.1. The van der Waals surface area contributed by atoms with Crippen LogP contribution in [-0.4, -0.2) is 0 Å². The molecule has 2 rings (SSSR count). The number of aryl methyl sites for hydroxylation is 2. The Morgan fingerprint density at radius 1 is 0.652 bits per heavy atom. The SMILES string of the molecule is C=Cc1ccc(CC[CH2-])cc1.C=Cc1ccc(CC[CH2-])cc1.[Zn+2]. The summed E-state index contributed by atoms with van der Waals surface area (Å²) in [4.78, 5) is 0. The van der Waals surface area contributed by atoms with Gasteiger partial charge >= 0.3 is 19.5 Å². The van der Waals surface area contributed by atoms with E-state index in [-0.39, 0.29) is 19.5 Å². The molecule has 0 unspecified atom stereocenters. The third-order valence-corrected chi connectivity index (χ3v) is 3.36. The second-order valence-corrected chi connectivity index (χ2v) is 5.10. The average molecular weight is 356 g/mol. The van der Waals surface area contributed by atoms with Gasteiger partial charge in [0.1, 0.15) is 0 Å². The summed E-state index contributed by atoms with van der Waals surface area (Å²) in [5.74, 6) is 0. The van der Waals surface area contributed by atoms with Crippen LogP contribution in [0.5, 0.6) is 0 Å². The van der Waals surface area contributed by atoms with Gasteiger partial charge in [-0.2, -0.15) is 12.8 Å². The van der Waals surface area contributed by atoms with Crippen LogP contribution < -0.4 is 0 Å². The fourth-order valence-corrected chi connectivity index (χ4v) is 2.05. The summed E-state index contributed by atoms with van der Waals surface area (Å²) < 4.78 is 0. The van der Waals surface area contributed by atoms with E-state index < -0.39 is 0 Å². The summed E-state index contributed by atoms with van der Waals surface area (Å²) in [7, 11) is 0. The Morgan fingerprint density at radius 2 is 0.957 bits per heavy atom. The normalized spacial score (nSPS) is 9.13. The summed E-state index contributed by atoms with van der Waals surface area (Å²) in [6, 6.07) is 16.8. The number of hydrogen-bond acceptors (Lipinski definition) is 0. The maximum Gasteiger partial charge on any atom is 2.00 e. The molecule has 0 nitrogen and oxygen atoms in total. The van der Waals surface area contributed by atoms with E-state index in [4.69, 9.17) is 0 Å². The average Bonchev–Trinajstić information content (AvgIpc) is 2.57. The van der Waals surface area contributed by atoms with E-state index in [0.29, 0.717) is 0 Å². The van der Waals surface area contributed by atoms with Gasteiger partial charge in [-0.05, 0) is 11.1 Å². The molecular weight excluding hydrogens is 330 g/mol. The fourth-order valence-electron chi connectivity index (χ4n) is 2.05. The van der Waals surface area contributed by atoms with Gasteiger partial charge in [0.05, 0.1) is 0 Å². The molecule has 0 saturated heterocycles. The van der Waals surface area contributed by atoms with Crippen molar-refractivity contribution in [3.63, 3.8) is 0 Å². The van der Waals surface area contributed by atoms with Gasteiger partial charge in [0, 0.05) is 0 Å². The molecule has 0 atom stereocenters. The van der Waals surface area contributed by atoms with Crippen LogP contribution in [0.1, 0.15) is 35.1 Å². The van der Waals surface area contributed by atoms with Gasteiger partial charge in [-0.3, -0.25) is 0 Å². The molecular formula is C22H26Zn. The molecule has 0 spiro atoms. The molecule has 0 amide bonds. The van der Waals surface area contributed by atoms with Crippen molar-refractivity contribution in [2.24, 2.45) is 0 Å². The van der Waals surface area contributed by atoms with Crippen molar-refractivity contribution in [3.8, 4) is 0 Å². The van der Waals surface area contributed by atoms with Gasteiger partial charge in [-0.15, -0.1) is 0 Å². The van der Waals surface area contributed by atoms with Crippen LogP contribution in [0.3, 0.4) is 0 Å². The smallest absolute Gasteiger partial charge is 0.343 e. The Balaban J connectivity index is 0.000000403. The molecule has 0 saturated carbocycles. The maximum atomic E-state index is 3.80. The van der Waals surface area contributed by atoms with Crippen molar-refractivity contribution in [2.75, 3.05) is 0 Å². The molecule has 116 valence electrons. The summed E-state index contributed by atoms with van der Waals surface area (Å²) in [5.41, 5.74) is 5.06. The second-order valence-electron chi connectivity index (χ2n) is 5.10. The minimum Gasteiger partial charge on any atom is -0.343 e. The molecule has 0 aliphatic heterocycles. The van der Waals surface area contributed by atoms with Crippen LogP contribution in [0.4, 0.5) is 0 Å². The van der Waals surface area contributed by atoms with Crippen molar-refractivity contribution >= 4 is 12.2 Å². The van der Waals surface area contributed by atoms with Crippen LogP contribution in [0.2, 0.25) is 0 Å². The number of rotatable bonds is 6. The van der Waals surface area contributed by atoms with Crippen LogP contribution in [-0.2, 0) is 32.3 Å². The number of benzene rings is 2. The van der Waals surface area contributed by atoms with Crippen molar-refractivity contribution in [1.82, 2.24) is 0 Å². The largest absolute Gasteiger partial charge is 2.00 e.